The van der Waals surface area contributed by atoms with E-state index in [1.54, 1.807) is 43.3 Å². The second-order valence-corrected chi connectivity index (χ2v) is 11.1. The maximum atomic E-state index is 14.0. The van der Waals surface area contributed by atoms with E-state index in [9.17, 15) is 22.4 Å². The van der Waals surface area contributed by atoms with Crippen molar-refractivity contribution in [1.82, 2.24) is 10.2 Å². The second-order valence-electron chi connectivity index (χ2n) is 9.26. The smallest absolute Gasteiger partial charge is 0.264 e. The Morgan fingerprint density at radius 1 is 0.974 bits per heavy atom. The predicted molar refractivity (Wildman–Crippen MR) is 148 cm³/mol. The summed E-state index contributed by atoms with van der Waals surface area (Å²) in [5.74, 6) is -0.965. The molecular weight excluding hydrogens is 521 g/mol. The van der Waals surface area contributed by atoms with Crippen LogP contribution in [0, 0.1) is 5.82 Å². The molecule has 3 aromatic rings. The summed E-state index contributed by atoms with van der Waals surface area (Å²) in [6.45, 7) is 4.81. The number of sulfonamides is 1. The lowest BCUT2D eigenvalue weighted by atomic mass is 10.1. The minimum atomic E-state index is -4.18. The zero-order valence-corrected chi connectivity index (χ0v) is 23.3. The second kappa shape index (κ2) is 13.2. The molecule has 3 aromatic carbocycles. The fourth-order valence-electron chi connectivity index (χ4n) is 4.10. The first-order valence-corrected chi connectivity index (χ1v) is 14.1. The highest BCUT2D eigenvalue weighted by atomic mass is 32.2. The number of hydrogen-bond donors (Lipinski definition) is 1. The molecule has 0 saturated heterocycles. The number of hydrogen-bond acceptors (Lipinski definition) is 5. The largest absolute Gasteiger partial charge is 0.497 e. The van der Waals surface area contributed by atoms with Crippen LogP contribution in [0.3, 0.4) is 0 Å². The van der Waals surface area contributed by atoms with Crippen LogP contribution in [-0.4, -0.2) is 50.9 Å². The molecule has 0 saturated carbocycles. The Morgan fingerprint density at radius 2 is 1.64 bits per heavy atom. The molecule has 10 heteroatoms. The van der Waals surface area contributed by atoms with Crippen LogP contribution in [0.1, 0.15) is 32.8 Å². The lowest BCUT2D eigenvalue weighted by Crippen LogP contribution is -2.53. The fourth-order valence-corrected chi connectivity index (χ4v) is 5.53. The summed E-state index contributed by atoms with van der Waals surface area (Å²) in [5.41, 5.74) is 0.826. The fraction of sp³-hybridized carbons (Fsp3) is 0.310. The molecule has 2 amide bonds. The molecule has 0 unspecified atom stereocenters. The maximum absolute atomic E-state index is 14.0. The van der Waals surface area contributed by atoms with Crippen LogP contribution in [0.25, 0.3) is 0 Å². The molecule has 8 nitrogen and oxygen atoms in total. The van der Waals surface area contributed by atoms with E-state index >= 15 is 0 Å². The molecule has 0 radical (unpaired) electrons. The van der Waals surface area contributed by atoms with Gasteiger partial charge in [0.15, 0.2) is 0 Å². The molecule has 1 atom stereocenters. The third-order valence-corrected chi connectivity index (χ3v) is 7.82. The number of nitrogens with zero attached hydrogens (tertiary/aromatic N) is 2. The van der Waals surface area contributed by atoms with Gasteiger partial charge in [0.2, 0.25) is 11.8 Å². The predicted octanol–water partition coefficient (Wildman–Crippen LogP) is 4.36. The molecule has 0 aromatic heterocycles. The molecule has 0 aliphatic carbocycles. The average molecular weight is 556 g/mol. The minimum Gasteiger partial charge on any atom is -0.497 e. The van der Waals surface area contributed by atoms with Crippen molar-refractivity contribution in [2.45, 2.75) is 50.7 Å². The third-order valence-electron chi connectivity index (χ3n) is 6.03. The Hall–Kier alpha value is -3.92. The van der Waals surface area contributed by atoms with Crippen molar-refractivity contribution in [3.05, 3.63) is 90.2 Å². The monoisotopic (exact) mass is 555 g/mol. The van der Waals surface area contributed by atoms with Crippen molar-refractivity contribution in [3.63, 3.8) is 0 Å². The molecule has 0 aliphatic heterocycles. The van der Waals surface area contributed by atoms with Gasteiger partial charge in [-0.3, -0.25) is 13.9 Å². The Labute approximate surface area is 229 Å². The molecule has 1 N–H and O–H groups in total. The van der Waals surface area contributed by atoms with E-state index in [4.69, 9.17) is 4.74 Å². The van der Waals surface area contributed by atoms with Crippen molar-refractivity contribution in [3.8, 4) is 5.75 Å². The van der Waals surface area contributed by atoms with Crippen LogP contribution in [0.2, 0.25) is 0 Å². The number of methoxy groups -OCH3 is 1. The van der Waals surface area contributed by atoms with Crippen molar-refractivity contribution >= 4 is 27.5 Å². The van der Waals surface area contributed by atoms with Crippen LogP contribution >= 0.6 is 0 Å². The first-order valence-electron chi connectivity index (χ1n) is 12.6. The van der Waals surface area contributed by atoms with E-state index < -0.39 is 34.3 Å². The molecule has 0 bridgehead atoms. The Kier molecular flexibility index (Phi) is 10.1. The van der Waals surface area contributed by atoms with Crippen LogP contribution < -0.4 is 14.4 Å². The number of nitrogens with one attached hydrogen (secondary N) is 1. The van der Waals surface area contributed by atoms with Gasteiger partial charge in [-0.05, 0) is 62.2 Å². The number of carbonyl (C=O) groups is 2. The van der Waals surface area contributed by atoms with Crippen molar-refractivity contribution in [1.29, 1.82) is 0 Å². The van der Waals surface area contributed by atoms with Gasteiger partial charge in [-0.25, -0.2) is 12.8 Å². The maximum Gasteiger partial charge on any atom is 0.264 e. The van der Waals surface area contributed by atoms with Gasteiger partial charge in [0.25, 0.3) is 10.0 Å². The summed E-state index contributed by atoms with van der Waals surface area (Å²) in [6.07, 6.45) is 0.288. The highest BCUT2D eigenvalue weighted by Gasteiger charge is 2.34. The topological polar surface area (TPSA) is 96.0 Å². The van der Waals surface area contributed by atoms with E-state index in [-0.39, 0.29) is 35.5 Å². The van der Waals surface area contributed by atoms with Crippen molar-refractivity contribution in [2.75, 3.05) is 18.0 Å². The van der Waals surface area contributed by atoms with Gasteiger partial charge in [-0.15, -0.1) is 0 Å². The molecule has 0 spiro atoms. The van der Waals surface area contributed by atoms with E-state index in [0.717, 1.165) is 4.31 Å². The van der Waals surface area contributed by atoms with Crippen LogP contribution in [0.5, 0.6) is 5.75 Å². The Balaban J connectivity index is 2.06. The molecule has 208 valence electrons. The molecule has 0 aliphatic rings. The minimum absolute atomic E-state index is 0.00953. The standard InChI is InChI=1S/C29H34FN3O5S/c1-5-27(29(35)31-21(2)3)32(19-22-14-16-23(30)17-15-22)28(34)20-33(24-10-9-11-25(18-24)38-4)39(36,37)26-12-7-6-8-13-26/h6-18,21,27H,5,19-20H2,1-4H3,(H,31,35)/t27-/m1/s1. The summed E-state index contributed by atoms with van der Waals surface area (Å²) in [7, 11) is -2.72. The highest BCUT2D eigenvalue weighted by Crippen LogP contribution is 2.27. The van der Waals surface area contributed by atoms with Gasteiger partial charge >= 0.3 is 0 Å². The Bertz CT molecular complexity index is 1370. The van der Waals surface area contributed by atoms with E-state index in [0.29, 0.717) is 11.3 Å². The normalized spacial score (nSPS) is 12.1. The molecule has 39 heavy (non-hydrogen) atoms. The SMILES string of the molecule is CC[C@H](C(=O)NC(C)C)N(Cc1ccc(F)cc1)C(=O)CN(c1cccc(OC)c1)S(=O)(=O)c1ccccc1. The number of halogens is 1. The first-order chi connectivity index (χ1) is 18.6. The average Bonchev–Trinajstić information content (AvgIpc) is 2.92. The molecule has 0 heterocycles. The van der Waals surface area contributed by atoms with Crippen molar-refractivity contribution < 1.29 is 27.1 Å². The quantitative estimate of drug-likeness (QED) is 0.358. The van der Waals surface area contributed by atoms with Gasteiger partial charge in [-0.1, -0.05) is 43.3 Å². The number of carbonyl (C=O) groups excluding carboxylic acids is 2. The number of ether oxygens (including phenoxy) is 1. The third kappa shape index (κ3) is 7.57. The zero-order valence-electron chi connectivity index (χ0n) is 22.5. The van der Waals surface area contributed by atoms with Crippen molar-refractivity contribution in [2.24, 2.45) is 0 Å². The number of rotatable bonds is 12. The van der Waals surface area contributed by atoms with E-state index in [2.05, 4.69) is 5.32 Å². The number of amides is 2. The van der Waals surface area contributed by atoms with E-state index in [1.807, 2.05) is 13.8 Å². The van der Waals surface area contributed by atoms with E-state index in [1.165, 1.54) is 54.5 Å². The summed E-state index contributed by atoms with van der Waals surface area (Å²) < 4.78 is 47.5. The van der Waals surface area contributed by atoms with Gasteiger partial charge in [0.05, 0.1) is 17.7 Å². The number of benzene rings is 3. The first kappa shape index (κ1) is 29.6. The molecule has 3 rings (SSSR count). The summed E-state index contributed by atoms with van der Waals surface area (Å²) in [5, 5.41) is 2.84. The van der Waals surface area contributed by atoms with Gasteiger partial charge in [0.1, 0.15) is 24.2 Å². The van der Waals surface area contributed by atoms with Crippen LogP contribution in [0.4, 0.5) is 10.1 Å². The summed E-state index contributed by atoms with van der Waals surface area (Å²) in [4.78, 5) is 28.4. The summed E-state index contributed by atoms with van der Waals surface area (Å²) >= 11 is 0. The highest BCUT2D eigenvalue weighted by molar-refractivity contribution is 7.92. The molecular formula is C29H34FN3O5S. The lowest BCUT2D eigenvalue weighted by Gasteiger charge is -2.33. The van der Waals surface area contributed by atoms with Gasteiger partial charge in [0, 0.05) is 18.7 Å². The molecule has 0 fully saturated rings. The van der Waals surface area contributed by atoms with Gasteiger partial charge < -0.3 is 15.0 Å². The van der Waals surface area contributed by atoms with Crippen LogP contribution in [-0.2, 0) is 26.2 Å². The zero-order chi connectivity index (χ0) is 28.6. The van der Waals surface area contributed by atoms with Gasteiger partial charge in [-0.2, -0.15) is 0 Å². The lowest BCUT2D eigenvalue weighted by molar-refractivity contribution is -0.140. The number of anilines is 1. The Morgan fingerprint density at radius 3 is 2.23 bits per heavy atom. The summed E-state index contributed by atoms with van der Waals surface area (Å²) in [6, 6.07) is 18.8. The van der Waals surface area contributed by atoms with Crippen LogP contribution in [0.15, 0.2) is 83.8 Å².